The Morgan fingerprint density at radius 1 is 1.55 bits per heavy atom. The number of nitrogens with zero attached hydrogens (tertiary/aromatic N) is 5. The molecule has 0 fully saturated rings. The van der Waals surface area contributed by atoms with Crippen LogP contribution in [0.4, 0.5) is 11.6 Å². The van der Waals surface area contributed by atoms with E-state index in [1.165, 1.54) is 11.3 Å². The summed E-state index contributed by atoms with van der Waals surface area (Å²) in [5.41, 5.74) is 0.678. The Kier molecular flexibility index (Phi) is 4.53. The topological polar surface area (TPSA) is 102 Å². The number of sulfonamides is 1. The number of fused-ring (bicyclic) bond motifs is 1. The summed E-state index contributed by atoms with van der Waals surface area (Å²) in [7, 11) is -3.44. The smallest absolute Gasteiger partial charge is 0.225 e. The molecule has 1 aliphatic heterocycles. The van der Waals surface area contributed by atoms with Crippen LogP contribution in [-0.2, 0) is 10.0 Å². The van der Waals surface area contributed by atoms with Crippen LogP contribution in [0, 0.1) is 11.3 Å². The summed E-state index contributed by atoms with van der Waals surface area (Å²) >= 11 is 0. The van der Waals surface area contributed by atoms with E-state index < -0.39 is 10.0 Å². The number of aromatic nitrogens is 2. The Morgan fingerprint density at radius 2 is 2.23 bits per heavy atom. The normalized spacial score (nSPS) is 17.5. The molecule has 9 heteroatoms. The zero-order valence-corrected chi connectivity index (χ0v) is 13.9. The third-order valence-electron chi connectivity index (χ3n) is 3.47. The first-order chi connectivity index (χ1) is 10.3. The minimum absolute atomic E-state index is 0.192. The van der Waals surface area contributed by atoms with E-state index in [4.69, 9.17) is 0 Å². The largest absolute Gasteiger partial charge is 0.352 e. The van der Waals surface area contributed by atoms with Gasteiger partial charge in [0.05, 0.1) is 23.8 Å². The lowest BCUT2D eigenvalue weighted by Crippen LogP contribution is -2.42. The Hall–Kier alpha value is -1.92. The number of hydrazine groups is 1. The second-order valence-electron chi connectivity index (χ2n) is 5.47. The average Bonchev–Trinajstić information content (AvgIpc) is 2.82. The van der Waals surface area contributed by atoms with Gasteiger partial charge in [0.1, 0.15) is 12.1 Å². The quantitative estimate of drug-likeness (QED) is 0.791. The molecule has 1 atom stereocenters. The van der Waals surface area contributed by atoms with E-state index in [0.717, 1.165) is 6.26 Å². The van der Waals surface area contributed by atoms with Crippen LogP contribution in [0.25, 0.3) is 0 Å². The molecule has 0 bridgehead atoms. The molecule has 0 aliphatic carbocycles. The molecule has 1 unspecified atom stereocenters. The summed E-state index contributed by atoms with van der Waals surface area (Å²) in [4.78, 5) is 13.0. The molecule has 1 aliphatic rings. The Bertz CT molecular complexity index is 697. The van der Waals surface area contributed by atoms with Crippen LogP contribution in [0.15, 0.2) is 6.33 Å². The lowest BCUT2D eigenvalue weighted by atomic mass is 10.1. The van der Waals surface area contributed by atoms with Crippen LogP contribution in [-0.4, -0.2) is 43.8 Å². The Morgan fingerprint density at radius 3 is 2.73 bits per heavy atom. The van der Waals surface area contributed by atoms with E-state index in [2.05, 4.69) is 20.9 Å². The van der Waals surface area contributed by atoms with Crippen molar-refractivity contribution >= 4 is 21.7 Å². The molecule has 0 amide bonds. The second-order valence-corrected chi connectivity index (χ2v) is 7.20. The van der Waals surface area contributed by atoms with Crippen molar-refractivity contribution in [2.75, 3.05) is 29.3 Å². The molecule has 1 aromatic heterocycles. The van der Waals surface area contributed by atoms with Gasteiger partial charge < -0.3 is 4.90 Å². The van der Waals surface area contributed by atoms with Crippen LogP contribution in [0.2, 0.25) is 0 Å². The summed E-state index contributed by atoms with van der Waals surface area (Å²) < 4.78 is 23.1. The summed E-state index contributed by atoms with van der Waals surface area (Å²) in [6.07, 6.45) is 2.48. The van der Waals surface area contributed by atoms with Gasteiger partial charge in [-0.3, -0.25) is 5.01 Å². The van der Waals surface area contributed by atoms with Crippen LogP contribution >= 0.6 is 0 Å². The van der Waals surface area contributed by atoms with E-state index >= 15 is 0 Å². The van der Waals surface area contributed by atoms with Crippen molar-refractivity contribution in [3.63, 3.8) is 0 Å². The van der Waals surface area contributed by atoms with Crippen molar-refractivity contribution in [3.05, 3.63) is 11.9 Å². The van der Waals surface area contributed by atoms with Gasteiger partial charge >= 0.3 is 0 Å². The molecule has 22 heavy (non-hydrogen) atoms. The van der Waals surface area contributed by atoms with Gasteiger partial charge in [0.25, 0.3) is 0 Å². The van der Waals surface area contributed by atoms with Crippen molar-refractivity contribution in [2.24, 2.45) is 0 Å². The van der Waals surface area contributed by atoms with Crippen molar-refractivity contribution in [1.29, 1.82) is 5.26 Å². The fourth-order valence-corrected chi connectivity index (χ4v) is 3.14. The molecule has 120 valence electrons. The van der Waals surface area contributed by atoms with Crippen LogP contribution in [0.3, 0.4) is 0 Å². The maximum Gasteiger partial charge on any atom is 0.225 e. The third kappa shape index (κ3) is 3.13. The molecular formula is C13H20N6O2S. The Balaban J connectivity index is 2.53. The van der Waals surface area contributed by atoms with Gasteiger partial charge in [0.15, 0.2) is 5.82 Å². The highest BCUT2D eigenvalue weighted by Gasteiger charge is 2.36. The molecule has 1 N–H and O–H groups in total. The van der Waals surface area contributed by atoms with Crippen molar-refractivity contribution in [2.45, 2.75) is 32.7 Å². The number of nitrogens with one attached hydrogen (secondary N) is 1. The molecule has 0 aromatic carbocycles. The fraction of sp³-hybridized carbons (Fsp3) is 0.615. The maximum atomic E-state index is 11.5. The minimum atomic E-state index is -3.44. The third-order valence-corrected chi connectivity index (χ3v) is 4.02. The summed E-state index contributed by atoms with van der Waals surface area (Å²) in [5, 5.41) is 10.9. The molecule has 0 radical (unpaired) electrons. The molecule has 2 heterocycles. The predicted octanol–water partition coefficient (Wildman–Crippen LogP) is 0.603. The SMILES string of the molecule is CCN(NS(C)(=O)=O)c1ncnc2c1C(C#N)CN2C(C)C. The van der Waals surface area contributed by atoms with Crippen molar-refractivity contribution < 1.29 is 8.42 Å². The van der Waals surface area contributed by atoms with Gasteiger partial charge in [-0.25, -0.2) is 18.4 Å². The molecule has 1 aromatic rings. The molecular weight excluding hydrogens is 304 g/mol. The van der Waals surface area contributed by atoms with E-state index in [1.807, 2.05) is 25.7 Å². The summed E-state index contributed by atoms with van der Waals surface area (Å²) in [6.45, 7) is 6.78. The zero-order valence-electron chi connectivity index (χ0n) is 13.1. The standard InChI is InChI=1S/C13H20N6O2S/c1-5-19(17-22(4,20)21)13-11-10(6-14)7-18(9(2)3)12(11)15-8-16-13/h8-10,17H,5,7H2,1-4H3. The van der Waals surface area contributed by atoms with E-state index in [1.54, 1.807) is 0 Å². The predicted molar refractivity (Wildman–Crippen MR) is 83.9 cm³/mol. The van der Waals surface area contributed by atoms with E-state index in [0.29, 0.717) is 30.3 Å². The van der Waals surface area contributed by atoms with Crippen LogP contribution < -0.4 is 14.7 Å². The first-order valence-electron chi connectivity index (χ1n) is 7.04. The lowest BCUT2D eigenvalue weighted by Gasteiger charge is -2.25. The number of anilines is 2. The highest BCUT2D eigenvalue weighted by molar-refractivity contribution is 7.88. The Labute approximate surface area is 130 Å². The fourth-order valence-electron chi connectivity index (χ4n) is 2.53. The van der Waals surface area contributed by atoms with Gasteiger partial charge in [-0.2, -0.15) is 5.26 Å². The minimum Gasteiger partial charge on any atom is -0.352 e. The van der Waals surface area contributed by atoms with Gasteiger partial charge in [0, 0.05) is 19.1 Å². The molecule has 0 saturated carbocycles. The van der Waals surface area contributed by atoms with Gasteiger partial charge in [-0.05, 0) is 20.8 Å². The number of rotatable bonds is 5. The monoisotopic (exact) mass is 324 g/mol. The van der Waals surface area contributed by atoms with Gasteiger partial charge in [-0.15, -0.1) is 4.83 Å². The summed E-state index contributed by atoms with van der Waals surface area (Å²) in [6, 6.07) is 2.45. The average molecular weight is 324 g/mol. The molecule has 2 rings (SSSR count). The molecule has 0 spiro atoms. The zero-order chi connectivity index (χ0) is 16.5. The van der Waals surface area contributed by atoms with Crippen molar-refractivity contribution in [3.8, 4) is 6.07 Å². The van der Waals surface area contributed by atoms with Crippen LogP contribution in [0.5, 0.6) is 0 Å². The number of nitriles is 1. The summed E-state index contributed by atoms with van der Waals surface area (Å²) in [5.74, 6) is 0.747. The second kappa shape index (κ2) is 6.06. The highest BCUT2D eigenvalue weighted by Crippen LogP contribution is 2.40. The van der Waals surface area contributed by atoms with Crippen molar-refractivity contribution in [1.82, 2.24) is 14.8 Å². The first-order valence-corrected chi connectivity index (χ1v) is 8.93. The van der Waals surface area contributed by atoms with Gasteiger partial charge in [-0.1, -0.05) is 0 Å². The molecule has 0 saturated heterocycles. The van der Waals surface area contributed by atoms with Crippen LogP contribution in [0.1, 0.15) is 32.3 Å². The van der Waals surface area contributed by atoms with Gasteiger partial charge in [0.2, 0.25) is 10.0 Å². The van der Waals surface area contributed by atoms with E-state index in [9.17, 15) is 13.7 Å². The molecule has 8 nitrogen and oxygen atoms in total. The lowest BCUT2D eigenvalue weighted by molar-refractivity contribution is 0.581. The first kappa shape index (κ1) is 16.5. The van der Waals surface area contributed by atoms with E-state index in [-0.39, 0.29) is 12.0 Å². The highest BCUT2D eigenvalue weighted by atomic mass is 32.2. The maximum absolute atomic E-state index is 11.5. The number of hydrogen-bond donors (Lipinski definition) is 1. The number of hydrogen-bond acceptors (Lipinski definition) is 7.